The lowest BCUT2D eigenvalue weighted by Gasteiger charge is -2.10. The summed E-state index contributed by atoms with van der Waals surface area (Å²) in [6.45, 7) is 4.36. The highest BCUT2D eigenvalue weighted by Gasteiger charge is 2.05. The van der Waals surface area contributed by atoms with E-state index >= 15 is 0 Å². The van der Waals surface area contributed by atoms with Gasteiger partial charge < -0.3 is 0 Å². The Labute approximate surface area is 96.1 Å². The number of rotatable bonds is 3. The molecule has 0 heterocycles. The van der Waals surface area contributed by atoms with Crippen LogP contribution in [0.5, 0.6) is 0 Å². The van der Waals surface area contributed by atoms with Crippen LogP contribution in [0.1, 0.15) is 35.3 Å². The Hall–Kier alpha value is -1.63. The summed E-state index contributed by atoms with van der Waals surface area (Å²) in [5.41, 5.74) is 3.57. The first-order chi connectivity index (χ1) is 7.80. The van der Waals surface area contributed by atoms with Gasteiger partial charge in [0.1, 0.15) is 6.29 Å². The van der Waals surface area contributed by atoms with Crippen molar-refractivity contribution in [2.45, 2.75) is 26.7 Å². The predicted molar refractivity (Wildman–Crippen MR) is 68.1 cm³/mol. The van der Waals surface area contributed by atoms with Crippen LogP contribution < -0.4 is 0 Å². The van der Waals surface area contributed by atoms with Gasteiger partial charge in [0.15, 0.2) is 0 Å². The zero-order valence-electron chi connectivity index (χ0n) is 9.79. The second kappa shape index (κ2) is 4.48. The normalized spacial score (nSPS) is 10.6. The number of fused-ring (bicyclic) bond motifs is 1. The molecule has 2 aromatic rings. The predicted octanol–water partition coefficient (Wildman–Crippen LogP) is 3.78. The fraction of sp³-hybridized carbons (Fsp3) is 0.267. The summed E-state index contributed by atoms with van der Waals surface area (Å²) >= 11 is 0. The number of carbonyl (C=O) groups is 1. The van der Waals surface area contributed by atoms with Gasteiger partial charge in [-0.3, -0.25) is 4.79 Å². The molecule has 1 nitrogen and oxygen atoms in total. The standard InChI is InChI=1S/C15H16O/c1-3-12-6-7-13-9-11(10-16)5-8-15(13)14(12)4-2/h5-10H,3-4H2,1-2H3. The van der Waals surface area contributed by atoms with Crippen molar-refractivity contribution < 1.29 is 4.79 Å². The number of aryl methyl sites for hydroxylation is 2. The molecule has 0 bridgehead atoms. The van der Waals surface area contributed by atoms with Gasteiger partial charge in [-0.2, -0.15) is 0 Å². The van der Waals surface area contributed by atoms with Crippen LogP contribution in [0.25, 0.3) is 10.8 Å². The lowest BCUT2D eigenvalue weighted by atomic mass is 9.95. The quantitative estimate of drug-likeness (QED) is 0.708. The third kappa shape index (κ3) is 1.73. The van der Waals surface area contributed by atoms with E-state index in [1.54, 1.807) is 0 Å². The van der Waals surface area contributed by atoms with E-state index in [4.69, 9.17) is 0 Å². The van der Waals surface area contributed by atoms with Gasteiger partial charge in [0, 0.05) is 5.56 Å². The third-order valence-electron chi connectivity index (χ3n) is 3.12. The molecule has 0 aliphatic heterocycles. The summed E-state index contributed by atoms with van der Waals surface area (Å²) in [7, 11) is 0. The monoisotopic (exact) mass is 212 g/mol. The third-order valence-corrected chi connectivity index (χ3v) is 3.12. The number of carbonyl (C=O) groups excluding carboxylic acids is 1. The molecular weight excluding hydrogens is 196 g/mol. The van der Waals surface area contributed by atoms with Crippen LogP contribution in [0, 0.1) is 0 Å². The van der Waals surface area contributed by atoms with Gasteiger partial charge in [-0.15, -0.1) is 0 Å². The van der Waals surface area contributed by atoms with Crippen molar-refractivity contribution in [2.24, 2.45) is 0 Å². The first-order valence-corrected chi connectivity index (χ1v) is 5.79. The van der Waals surface area contributed by atoms with Gasteiger partial charge in [0.05, 0.1) is 0 Å². The van der Waals surface area contributed by atoms with Crippen molar-refractivity contribution in [1.82, 2.24) is 0 Å². The van der Waals surface area contributed by atoms with E-state index in [0.29, 0.717) is 0 Å². The smallest absolute Gasteiger partial charge is 0.150 e. The van der Waals surface area contributed by atoms with Crippen LogP contribution >= 0.6 is 0 Å². The molecule has 0 radical (unpaired) electrons. The molecule has 0 aliphatic rings. The van der Waals surface area contributed by atoms with Crippen molar-refractivity contribution in [1.29, 1.82) is 0 Å². The molecule has 0 spiro atoms. The summed E-state index contributed by atoms with van der Waals surface area (Å²) < 4.78 is 0. The van der Waals surface area contributed by atoms with Gasteiger partial charge in [0.25, 0.3) is 0 Å². The first kappa shape index (κ1) is 10.9. The van der Waals surface area contributed by atoms with Gasteiger partial charge in [0.2, 0.25) is 0 Å². The van der Waals surface area contributed by atoms with Crippen LogP contribution in [-0.4, -0.2) is 6.29 Å². The fourth-order valence-electron chi connectivity index (χ4n) is 2.28. The highest BCUT2D eigenvalue weighted by molar-refractivity contribution is 5.91. The van der Waals surface area contributed by atoms with Gasteiger partial charge in [-0.1, -0.05) is 38.1 Å². The molecule has 0 saturated heterocycles. The molecule has 0 atom stereocenters. The Kier molecular flexibility index (Phi) is 3.04. The second-order valence-electron chi connectivity index (χ2n) is 4.01. The summed E-state index contributed by atoms with van der Waals surface area (Å²) in [6, 6.07) is 10.2. The van der Waals surface area contributed by atoms with E-state index < -0.39 is 0 Å². The Morgan fingerprint density at radius 2 is 1.88 bits per heavy atom. The average Bonchev–Trinajstić information content (AvgIpc) is 2.36. The molecule has 82 valence electrons. The van der Waals surface area contributed by atoms with Crippen molar-refractivity contribution in [2.75, 3.05) is 0 Å². The molecule has 0 N–H and O–H groups in total. The Balaban J connectivity index is 2.73. The zero-order valence-corrected chi connectivity index (χ0v) is 9.79. The zero-order chi connectivity index (χ0) is 11.5. The van der Waals surface area contributed by atoms with Crippen LogP contribution in [0.4, 0.5) is 0 Å². The van der Waals surface area contributed by atoms with E-state index in [-0.39, 0.29) is 0 Å². The summed E-state index contributed by atoms with van der Waals surface area (Å²) in [5.74, 6) is 0. The fourth-order valence-corrected chi connectivity index (χ4v) is 2.28. The average molecular weight is 212 g/mol. The Morgan fingerprint density at radius 1 is 1.06 bits per heavy atom. The minimum absolute atomic E-state index is 0.749. The van der Waals surface area contributed by atoms with Crippen LogP contribution in [0.15, 0.2) is 30.3 Å². The number of hydrogen-bond donors (Lipinski definition) is 0. The van der Waals surface area contributed by atoms with E-state index in [2.05, 4.69) is 32.0 Å². The van der Waals surface area contributed by atoms with Crippen molar-refractivity contribution in [3.63, 3.8) is 0 Å². The molecule has 0 unspecified atom stereocenters. The minimum Gasteiger partial charge on any atom is -0.298 e. The van der Waals surface area contributed by atoms with Crippen LogP contribution in [0.2, 0.25) is 0 Å². The molecule has 0 aliphatic carbocycles. The highest BCUT2D eigenvalue weighted by Crippen LogP contribution is 2.24. The number of benzene rings is 2. The SMILES string of the molecule is CCc1ccc2cc(C=O)ccc2c1CC. The summed E-state index contributed by atoms with van der Waals surface area (Å²) in [5, 5.41) is 2.45. The summed E-state index contributed by atoms with van der Waals surface area (Å²) in [6.07, 6.45) is 3.01. The van der Waals surface area contributed by atoms with Crippen molar-refractivity contribution in [3.05, 3.63) is 47.0 Å². The Bertz CT molecular complexity index is 526. The largest absolute Gasteiger partial charge is 0.298 e. The molecule has 16 heavy (non-hydrogen) atoms. The first-order valence-electron chi connectivity index (χ1n) is 5.79. The molecule has 2 aromatic carbocycles. The van der Waals surface area contributed by atoms with Crippen LogP contribution in [-0.2, 0) is 12.8 Å². The topological polar surface area (TPSA) is 17.1 Å². The van der Waals surface area contributed by atoms with Crippen molar-refractivity contribution >= 4 is 17.1 Å². The number of aldehydes is 1. The maximum Gasteiger partial charge on any atom is 0.150 e. The number of hydrogen-bond acceptors (Lipinski definition) is 1. The summed E-state index contributed by atoms with van der Waals surface area (Å²) in [4.78, 5) is 10.7. The molecule has 0 amide bonds. The molecule has 0 saturated carbocycles. The maximum atomic E-state index is 10.7. The highest BCUT2D eigenvalue weighted by atomic mass is 16.1. The molecule has 1 heteroatoms. The lowest BCUT2D eigenvalue weighted by Crippen LogP contribution is -1.93. The van der Waals surface area contributed by atoms with E-state index in [1.165, 1.54) is 21.9 Å². The molecule has 0 aromatic heterocycles. The molecule has 2 rings (SSSR count). The maximum absolute atomic E-state index is 10.7. The van der Waals surface area contributed by atoms with Gasteiger partial charge in [-0.25, -0.2) is 0 Å². The van der Waals surface area contributed by atoms with Crippen LogP contribution in [0.3, 0.4) is 0 Å². The lowest BCUT2D eigenvalue weighted by molar-refractivity contribution is 0.112. The van der Waals surface area contributed by atoms with E-state index in [9.17, 15) is 4.79 Å². The van der Waals surface area contributed by atoms with Gasteiger partial charge in [-0.05, 0) is 40.8 Å². The minimum atomic E-state index is 0.749. The van der Waals surface area contributed by atoms with Crippen molar-refractivity contribution in [3.8, 4) is 0 Å². The van der Waals surface area contributed by atoms with E-state index in [1.807, 2.05) is 12.1 Å². The van der Waals surface area contributed by atoms with E-state index in [0.717, 1.165) is 24.7 Å². The molecule has 0 fully saturated rings. The second-order valence-corrected chi connectivity index (χ2v) is 4.01. The van der Waals surface area contributed by atoms with Gasteiger partial charge >= 0.3 is 0 Å². The molecular formula is C15H16O. The Morgan fingerprint density at radius 3 is 2.50 bits per heavy atom.